The Morgan fingerprint density at radius 3 is 2.70 bits per heavy atom. The van der Waals surface area contributed by atoms with Crippen LogP contribution in [-0.2, 0) is 26.0 Å². The fourth-order valence-corrected chi connectivity index (χ4v) is 8.58. The maximum absolute atomic E-state index is 15.1. The van der Waals surface area contributed by atoms with E-state index in [0.29, 0.717) is 37.4 Å². The molecule has 0 aromatic heterocycles. The maximum Gasteiger partial charge on any atom is 0.391 e. The number of amides is 1. The average molecular weight is 659 g/mol. The molecule has 3 heterocycles. The second kappa shape index (κ2) is 14.0. The Kier molecular flexibility index (Phi) is 10.6. The minimum absolute atomic E-state index is 0.0946. The van der Waals surface area contributed by atoms with Crippen molar-refractivity contribution in [2.45, 2.75) is 75.2 Å². The lowest BCUT2D eigenvalue weighted by molar-refractivity contribution is -0.169. The highest BCUT2D eigenvalue weighted by Gasteiger charge is 2.39. The fourth-order valence-electron chi connectivity index (χ4n) is 6.65. The predicted molar refractivity (Wildman–Crippen MR) is 160 cm³/mol. The molecule has 2 aromatic carbocycles. The number of carbonyl (C=O) groups is 1. The van der Waals surface area contributed by atoms with Gasteiger partial charge in [-0.3, -0.25) is 4.79 Å². The molecule has 5 rings (SSSR count). The third kappa shape index (κ3) is 8.51. The molecule has 2 N–H and O–H groups in total. The summed E-state index contributed by atoms with van der Waals surface area (Å²) in [6.07, 6.45) is -2.47. The molecule has 241 valence electrons. The minimum Gasteiger partial charge on any atom is -0.378 e. The number of sulfonamides is 1. The molecule has 0 aliphatic carbocycles. The summed E-state index contributed by atoms with van der Waals surface area (Å²) in [5, 5.41) is 6.68. The van der Waals surface area contributed by atoms with Crippen molar-refractivity contribution in [3.8, 4) is 0 Å². The molecule has 3 aliphatic heterocycles. The highest BCUT2D eigenvalue weighted by molar-refractivity contribution is 7.89. The molecular weight excluding hydrogens is 622 g/mol. The first-order valence-corrected chi connectivity index (χ1v) is 17.0. The zero-order chi connectivity index (χ0) is 31.5. The number of hydrogen-bond acceptors (Lipinski definition) is 5. The number of carbonyl (C=O) groups excluding carboxylic acids is 1. The summed E-state index contributed by atoms with van der Waals surface area (Å²) in [6, 6.07) is 11.0. The standard InChI is InChI=1S/C31H37ClF4N3O4S/c32-22-8-6-20(7-9-22)27(21-12-13-43-25(15-21)17-31(34,35)36)16-30(40)38-29-5-1-4-28(33)26(29)11-10-24-18-37-23-3-2-14-44(41,42)39(24)19-23/h1,4-9,16,21,23-25,27,37H,2-3,10-15,17-19H2,(H,38,40)/t21?,23?,24?,25?,27-/m0/s1. The van der Waals surface area contributed by atoms with Gasteiger partial charge in [-0.2, -0.15) is 17.5 Å². The molecule has 0 spiro atoms. The van der Waals surface area contributed by atoms with E-state index in [-0.39, 0.29) is 54.5 Å². The van der Waals surface area contributed by atoms with Crippen LogP contribution in [0.15, 0.2) is 42.5 Å². The zero-order valence-electron chi connectivity index (χ0n) is 24.2. The van der Waals surface area contributed by atoms with Crippen LogP contribution in [0.5, 0.6) is 0 Å². The number of rotatable bonds is 9. The van der Waals surface area contributed by atoms with Crippen LogP contribution in [0.3, 0.4) is 0 Å². The monoisotopic (exact) mass is 658 g/mol. The molecular formula is C31H37ClF4N3O4S. The predicted octanol–water partition coefficient (Wildman–Crippen LogP) is 5.85. The second-order valence-corrected chi connectivity index (χ2v) is 14.4. The van der Waals surface area contributed by atoms with Crippen LogP contribution < -0.4 is 10.6 Å². The molecule has 7 nitrogen and oxygen atoms in total. The van der Waals surface area contributed by atoms with Crippen molar-refractivity contribution in [3.63, 3.8) is 0 Å². The van der Waals surface area contributed by atoms with Gasteiger partial charge in [0.25, 0.3) is 0 Å². The van der Waals surface area contributed by atoms with Crippen LogP contribution in [0.1, 0.15) is 55.6 Å². The summed E-state index contributed by atoms with van der Waals surface area (Å²) < 4.78 is 87.2. The van der Waals surface area contributed by atoms with E-state index in [2.05, 4.69) is 10.6 Å². The number of hydrogen-bond donors (Lipinski definition) is 2. The smallest absolute Gasteiger partial charge is 0.378 e. The summed E-state index contributed by atoms with van der Waals surface area (Å²) in [4.78, 5) is 13.4. The van der Waals surface area contributed by atoms with Crippen molar-refractivity contribution in [2.24, 2.45) is 5.92 Å². The third-order valence-corrected chi connectivity index (χ3v) is 11.0. The molecule has 3 fully saturated rings. The molecule has 2 aromatic rings. The van der Waals surface area contributed by atoms with Crippen LogP contribution in [0.2, 0.25) is 5.02 Å². The van der Waals surface area contributed by atoms with Gasteiger partial charge >= 0.3 is 6.18 Å². The van der Waals surface area contributed by atoms with E-state index in [0.717, 1.165) is 12.0 Å². The topological polar surface area (TPSA) is 87.7 Å². The summed E-state index contributed by atoms with van der Waals surface area (Å²) in [5.41, 5.74) is 1.26. The number of benzene rings is 2. The normalized spacial score (nSPS) is 27.7. The molecule has 0 saturated carbocycles. The lowest BCUT2D eigenvalue weighted by atomic mass is 9.77. The van der Waals surface area contributed by atoms with E-state index in [9.17, 15) is 26.4 Å². The van der Waals surface area contributed by atoms with Gasteiger partial charge in [0.15, 0.2) is 0 Å². The van der Waals surface area contributed by atoms with E-state index in [1.807, 2.05) is 0 Å². The average Bonchev–Trinajstić information content (AvgIpc) is 3.07. The van der Waals surface area contributed by atoms with Crippen LogP contribution in [0, 0.1) is 18.2 Å². The zero-order valence-corrected chi connectivity index (χ0v) is 25.7. The summed E-state index contributed by atoms with van der Waals surface area (Å²) in [7, 11) is -3.41. The van der Waals surface area contributed by atoms with E-state index in [1.54, 1.807) is 34.6 Å². The number of piperazine rings is 1. The van der Waals surface area contributed by atoms with Crippen LogP contribution in [0.4, 0.5) is 23.2 Å². The first kappa shape index (κ1) is 33.1. The van der Waals surface area contributed by atoms with Crippen LogP contribution >= 0.6 is 11.6 Å². The van der Waals surface area contributed by atoms with E-state index >= 15 is 4.39 Å². The van der Waals surface area contributed by atoms with Gasteiger partial charge in [-0.05, 0) is 80.2 Å². The number of nitrogens with one attached hydrogen (secondary N) is 2. The molecule has 2 bridgehead atoms. The minimum atomic E-state index is -4.37. The summed E-state index contributed by atoms with van der Waals surface area (Å²) >= 11 is 6.07. The SMILES string of the molecule is O=C([CH][C@@H](c1ccc(Cl)cc1)C1CCOC(CC(F)(F)F)C1)Nc1cccc(F)c1CCC1CNC2CCCS(=O)(=O)N1C2. The molecule has 1 radical (unpaired) electrons. The van der Waals surface area contributed by atoms with Crippen molar-refractivity contribution < 1.29 is 35.5 Å². The number of halogens is 5. The van der Waals surface area contributed by atoms with Crippen molar-refractivity contribution >= 4 is 33.2 Å². The van der Waals surface area contributed by atoms with Gasteiger partial charge in [-0.1, -0.05) is 29.8 Å². The number of nitrogens with zero attached hydrogens (tertiary/aromatic N) is 1. The Labute approximate surface area is 260 Å². The lowest BCUT2D eigenvalue weighted by Gasteiger charge is -2.37. The maximum atomic E-state index is 15.1. The van der Waals surface area contributed by atoms with Crippen LogP contribution in [-0.4, -0.2) is 68.4 Å². The Hall–Kier alpha value is -2.25. The van der Waals surface area contributed by atoms with Gasteiger partial charge < -0.3 is 15.4 Å². The fraction of sp³-hybridized carbons (Fsp3) is 0.548. The molecule has 13 heteroatoms. The summed E-state index contributed by atoms with van der Waals surface area (Å²) in [6.45, 7) is 1.00. The number of alkyl halides is 3. The first-order valence-electron chi connectivity index (χ1n) is 15.0. The number of anilines is 1. The molecule has 3 saturated heterocycles. The largest absolute Gasteiger partial charge is 0.391 e. The van der Waals surface area contributed by atoms with Gasteiger partial charge in [-0.25, -0.2) is 12.8 Å². The van der Waals surface area contributed by atoms with Gasteiger partial charge in [0.2, 0.25) is 15.9 Å². The number of ether oxygens (including phenoxy) is 1. The van der Waals surface area contributed by atoms with Crippen molar-refractivity contribution in [3.05, 3.63) is 70.9 Å². The van der Waals surface area contributed by atoms with Gasteiger partial charge in [0, 0.05) is 48.1 Å². The molecule has 5 unspecified atom stereocenters. The second-order valence-electron chi connectivity index (χ2n) is 11.9. The number of fused-ring (bicyclic) bond motifs is 2. The third-order valence-electron chi connectivity index (χ3n) is 8.83. The highest BCUT2D eigenvalue weighted by atomic mass is 35.5. The van der Waals surface area contributed by atoms with E-state index in [1.165, 1.54) is 18.6 Å². The Balaban J connectivity index is 1.30. The first-order chi connectivity index (χ1) is 20.9. The van der Waals surface area contributed by atoms with E-state index in [4.69, 9.17) is 16.3 Å². The van der Waals surface area contributed by atoms with Gasteiger partial charge in [-0.15, -0.1) is 0 Å². The Morgan fingerprint density at radius 1 is 1.18 bits per heavy atom. The van der Waals surface area contributed by atoms with Gasteiger partial charge in [0.1, 0.15) is 5.82 Å². The molecule has 1 amide bonds. The van der Waals surface area contributed by atoms with Crippen molar-refractivity contribution in [1.82, 2.24) is 9.62 Å². The van der Waals surface area contributed by atoms with Gasteiger partial charge in [0.05, 0.1) is 24.7 Å². The van der Waals surface area contributed by atoms with Crippen molar-refractivity contribution in [2.75, 3.05) is 30.8 Å². The van der Waals surface area contributed by atoms with Crippen LogP contribution in [0.25, 0.3) is 0 Å². The molecule has 44 heavy (non-hydrogen) atoms. The molecule has 3 aliphatic rings. The quantitative estimate of drug-likeness (QED) is 0.330. The lowest BCUT2D eigenvalue weighted by Crippen LogP contribution is -2.57. The molecule has 6 atom stereocenters. The summed E-state index contributed by atoms with van der Waals surface area (Å²) in [5.74, 6) is -1.77. The van der Waals surface area contributed by atoms with Crippen molar-refractivity contribution in [1.29, 1.82) is 0 Å². The van der Waals surface area contributed by atoms with E-state index < -0.39 is 46.4 Å². The Bertz CT molecular complexity index is 1410. The Morgan fingerprint density at radius 2 is 1.95 bits per heavy atom. The highest BCUT2D eigenvalue weighted by Crippen LogP contribution is 2.39.